The normalized spacial score (nSPS) is 42.5. The number of hydrogen-bond donors (Lipinski definition) is 2. The molecule has 0 aromatic heterocycles. The van der Waals surface area contributed by atoms with Gasteiger partial charge in [-0.15, -0.1) is 0 Å². The summed E-state index contributed by atoms with van der Waals surface area (Å²) in [4.78, 5) is 11.6. The van der Waals surface area contributed by atoms with Gasteiger partial charge in [-0.25, -0.2) is 0 Å². The summed E-state index contributed by atoms with van der Waals surface area (Å²) >= 11 is 0. The smallest absolute Gasteiger partial charge is 0.314 e. The summed E-state index contributed by atoms with van der Waals surface area (Å²) in [6.45, 7) is 5.14. The summed E-state index contributed by atoms with van der Waals surface area (Å²) in [6.07, 6.45) is 0.0411. The number of rotatable bonds is 2. The summed E-state index contributed by atoms with van der Waals surface area (Å²) in [5.41, 5.74) is -2.37. The Balaban J connectivity index is 2.89. The Morgan fingerprint density at radius 2 is 2.14 bits per heavy atom. The molecular formula is C10H18O4. The SMILES string of the molecule is CCOC(=O)[C@]1(C)CC[C@@H](O)[C@@]1(C)O. The highest BCUT2D eigenvalue weighted by Crippen LogP contribution is 2.46. The van der Waals surface area contributed by atoms with E-state index in [0.717, 1.165) is 0 Å². The lowest BCUT2D eigenvalue weighted by Gasteiger charge is -2.35. The molecule has 3 atom stereocenters. The molecule has 1 saturated carbocycles. The first-order valence-corrected chi connectivity index (χ1v) is 4.94. The number of ether oxygens (including phenoxy) is 1. The molecule has 1 aliphatic rings. The highest BCUT2D eigenvalue weighted by Gasteiger charge is 2.58. The molecule has 2 N–H and O–H groups in total. The summed E-state index contributed by atoms with van der Waals surface area (Å²) in [6, 6.07) is 0. The molecule has 0 radical (unpaired) electrons. The Morgan fingerprint density at radius 1 is 1.57 bits per heavy atom. The summed E-state index contributed by atoms with van der Waals surface area (Å²) in [5.74, 6) is -0.429. The maximum atomic E-state index is 11.6. The molecule has 0 bridgehead atoms. The number of carbonyl (C=O) groups is 1. The molecule has 14 heavy (non-hydrogen) atoms. The molecule has 0 aromatic carbocycles. The van der Waals surface area contributed by atoms with Crippen LogP contribution in [0.3, 0.4) is 0 Å². The monoisotopic (exact) mass is 202 g/mol. The van der Waals surface area contributed by atoms with E-state index in [2.05, 4.69) is 0 Å². The van der Waals surface area contributed by atoms with Crippen molar-refractivity contribution in [1.82, 2.24) is 0 Å². The van der Waals surface area contributed by atoms with Gasteiger partial charge in [-0.1, -0.05) is 0 Å². The van der Waals surface area contributed by atoms with Crippen LogP contribution in [0.15, 0.2) is 0 Å². The van der Waals surface area contributed by atoms with Crippen LogP contribution >= 0.6 is 0 Å². The maximum Gasteiger partial charge on any atom is 0.314 e. The van der Waals surface area contributed by atoms with Crippen molar-refractivity contribution in [3.63, 3.8) is 0 Å². The molecule has 0 amide bonds. The van der Waals surface area contributed by atoms with Gasteiger partial charge in [0.1, 0.15) is 5.60 Å². The van der Waals surface area contributed by atoms with Gasteiger partial charge < -0.3 is 14.9 Å². The lowest BCUT2D eigenvalue weighted by molar-refractivity contribution is -0.174. The quantitative estimate of drug-likeness (QED) is 0.638. The van der Waals surface area contributed by atoms with E-state index in [1.807, 2.05) is 0 Å². The fourth-order valence-corrected chi connectivity index (χ4v) is 1.93. The van der Waals surface area contributed by atoms with Crippen molar-refractivity contribution in [1.29, 1.82) is 0 Å². The maximum absolute atomic E-state index is 11.6. The zero-order chi connectivity index (χ0) is 11.0. The van der Waals surface area contributed by atoms with Crippen LogP contribution in [0, 0.1) is 5.41 Å². The van der Waals surface area contributed by atoms with Gasteiger partial charge >= 0.3 is 5.97 Å². The molecule has 1 aliphatic carbocycles. The van der Waals surface area contributed by atoms with E-state index in [0.29, 0.717) is 19.4 Å². The van der Waals surface area contributed by atoms with Crippen LogP contribution in [0.2, 0.25) is 0 Å². The Labute approximate surface area is 83.9 Å². The van der Waals surface area contributed by atoms with Crippen LogP contribution in [-0.4, -0.2) is 34.5 Å². The second kappa shape index (κ2) is 3.51. The van der Waals surface area contributed by atoms with Crippen LogP contribution in [0.5, 0.6) is 0 Å². The number of aliphatic hydroxyl groups is 2. The van der Waals surface area contributed by atoms with E-state index in [1.54, 1.807) is 13.8 Å². The molecule has 4 nitrogen and oxygen atoms in total. The van der Waals surface area contributed by atoms with Crippen molar-refractivity contribution < 1.29 is 19.7 Å². The summed E-state index contributed by atoms with van der Waals surface area (Å²) in [5, 5.41) is 19.6. The molecule has 0 spiro atoms. The fourth-order valence-electron chi connectivity index (χ4n) is 1.93. The molecule has 4 heteroatoms. The van der Waals surface area contributed by atoms with Crippen molar-refractivity contribution in [2.45, 2.75) is 45.3 Å². The van der Waals surface area contributed by atoms with Gasteiger partial charge in [-0.05, 0) is 33.6 Å². The highest BCUT2D eigenvalue weighted by molar-refractivity contribution is 5.78. The van der Waals surface area contributed by atoms with Crippen LogP contribution < -0.4 is 0 Å². The van der Waals surface area contributed by atoms with Crippen LogP contribution in [-0.2, 0) is 9.53 Å². The molecule has 0 unspecified atom stereocenters. The van der Waals surface area contributed by atoms with Crippen molar-refractivity contribution >= 4 is 5.97 Å². The molecule has 82 valence electrons. The lowest BCUT2D eigenvalue weighted by atomic mass is 9.76. The highest BCUT2D eigenvalue weighted by atomic mass is 16.5. The van der Waals surface area contributed by atoms with Gasteiger partial charge in [0.15, 0.2) is 0 Å². The topological polar surface area (TPSA) is 66.8 Å². The zero-order valence-corrected chi connectivity index (χ0v) is 8.91. The molecule has 1 fully saturated rings. The third kappa shape index (κ3) is 1.42. The van der Waals surface area contributed by atoms with E-state index in [9.17, 15) is 15.0 Å². The van der Waals surface area contributed by atoms with Gasteiger partial charge in [0.05, 0.1) is 18.1 Å². The molecule has 0 aliphatic heterocycles. The van der Waals surface area contributed by atoms with E-state index < -0.39 is 23.1 Å². The lowest BCUT2D eigenvalue weighted by Crippen LogP contribution is -2.51. The first-order valence-electron chi connectivity index (χ1n) is 4.94. The average Bonchev–Trinajstić information content (AvgIpc) is 2.31. The van der Waals surface area contributed by atoms with Crippen molar-refractivity contribution in [2.24, 2.45) is 5.41 Å². The van der Waals surface area contributed by atoms with Gasteiger partial charge in [-0.2, -0.15) is 0 Å². The van der Waals surface area contributed by atoms with Gasteiger partial charge in [0, 0.05) is 0 Å². The van der Waals surface area contributed by atoms with Crippen molar-refractivity contribution in [3.8, 4) is 0 Å². The minimum absolute atomic E-state index is 0.292. The Morgan fingerprint density at radius 3 is 2.50 bits per heavy atom. The molecule has 1 rings (SSSR count). The van der Waals surface area contributed by atoms with Crippen LogP contribution in [0.1, 0.15) is 33.6 Å². The molecule has 0 saturated heterocycles. The second-order valence-electron chi connectivity index (χ2n) is 4.25. The first kappa shape index (κ1) is 11.5. The van der Waals surface area contributed by atoms with Crippen LogP contribution in [0.25, 0.3) is 0 Å². The summed E-state index contributed by atoms with van der Waals surface area (Å²) < 4.78 is 4.90. The second-order valence-corrected chi connectivity index (χ2v) is 4.25. The van der Waals surface area contributed by atoms with E-state index in [4.69, 9.17) is 4.74 Å². The zero-order valence-electron chi connectivity index (χ0n) is 8.91. The fraction of sp³-hybridized carbons (Fsp3) is 0.900. The van der Waals surface area contributed by atoms with Crippen LogP contribution in [0.4, 0.5) is 0 Å². The third-order valence-electron chi connectivity index (χ3n) is 3.41. The van der Waals surface area contributed by atoms with E-state index in [-0.39, 0.29) is 0 Å². The number of carbonyl (C=O) groups excluding carboxylic acids is 1. The Bertz CT molecular complexity index is 236. The number of aliphatic hydroxyl groups excluding tert-OH is 1. The minimum Gasteiger partial charge on any atom is -0.465 e. The number of esters is 1. The van der Waals surface area contributed by atoms with Gasteiger partial charge in [0.2, 0.25) is 0 Å². The third-order valence-corrected chi connectivity index (χ3v) is 3.41. The minimum atomic E-state index is -1.39. The summed E-state index contributed by atoms with van der Waals surface area (Å²) in [7, 11) is 0. The predicted octanol–water partition coefficient (Wildman–Crippen LogP) is 0.461. The molecule has 0 heterocycles. The Kier molecular flexibility index (Phi) is 2.88. The molecular weight excluding hydrogens is 184 g/mol. The van der Waals surface area contributed by atoms with Crippen molar-refractivity contribution in [2.75, 3.05) is 6.61 Å². The van der Waals surface area contributed by atoms with Crippen molar-refractivity contribution in [3.05, 3.63) is 0 Å². The first-order chi connectivity index (χ1) is 6.36. The standard InChI is InChI=1S/C10H18O4/c1-4-14-8(12)9(2)6-5-7(11)10(9,3)13/h7,11,13H,4-6H2,1-3H3/t7-,9+,10-/m1/s1. The largest absolute Gasteiger partial charge is 0.465 e. The predicted molar refractivity (Wildman–Crippen MR) is 50.6 cm³/mol. The van der Waals surface area contributed by atoms with E-state index >= 15 is 0 Å². The van der Waals surface area contributed by atoms with Gasteiger partial charge in [-0.3, -0.25) is 4.79 Å². The Hall–Kier alpha value is -0.610. The van der Waals surface area contributed by atoms with Gasteiger partial charge in [0.25, 0.3) is 0 Å². The molecule has 0 aromatic rings. The van der Waals surface area contributed by atoms with E-state index in [1.165, 1.54) is 6.92 Å². The average molecular weight is 202 g/mol. The number of hydrogen-bond acceptors (Lipinski definition) is 4.